The SMILES string of the molecule is C/C(C=NC(C)(C)C)=C(C)/C(C)=C(\C)c1ccccc1CNCc1ccccc1. The minimum atomic E-state index is -0.0504. The van der Waals surface area contributed by atoms with Crippen LogP contribution in [0.4, 0.5) is 0 Å². The molecule has 2 nitrogen and oxygen atoms in total. The molecule has 2 rings (SSSR count). The van der Waals surface area contributed by atoms with Crippen LogP contribution in [0.15, 0.2) is 76.3 Å². The first-order chi connectivity index (χ1) is 13.7. The first kappa shape index (κ1) is 22.8. The number of nitrogens with one attached hydrogen (secondary N) is 1. The third-order valence-electron chi connectivity index (χ3n) is 5.27. The molecule has 29 heavy (non-hydrogen) atoms. The van der Waals surface area contributed by atoms with Gasteiger partial charge in [0.1, 0.15) is 0 Å². The van der Waals surface area contributed by atoms with Crippen LogP contribution < -0.4 is 5.32 Å². The van der Waals surface area contributed by atoms with Crippen LogP contribution in [0.1, 0.15) is 65.2 Å². The summed E-state index contributed by atoms with van der Waals surface area (Å²) >= 11 is 0. The fourth-order valence-corrected chi connectivity index (χ4v) is 3.14. The van der Waals surface area contributed by atoms with E-state index in [0.29, 0.717) is 0 Å². The van der Waals surface area contributed by atoms with E-state index in [1.54, 1.807) is 0 Å². The average molecular weight is 389 g/mol. The Morgan fingerprint density at radius 2 is 1.45 bits per heavy atom. The predicted octanol–water partition coefficient (Wildman–Crippen LogP) is 6.98. The van der Waals surface area contributed by atoms with Crippen molar-refractivity contribution in [2.75, 3.05) is 0 Å². The van der Waals surface area contributed by atoms with Crippen molar-refractivity contribution < 1.29 is 0 Å². The highest BCUT2D eigenvalue weighted by molar-refractivity contribution is 5.83. The summed E-state index contributed by atoms with van der Waals surface area (Å²) in [7, 11) is 0. The van der Waals surface area contributed by atoms with E-state index in [0.717, 1.165) is 13.1 Å². The molecule has 0 radical (unpaired) electrons. The quantitative estimate of drug-likeness (QED) is 0.402. The summed E-state index contributed by atoms with van der Waals surface area (Å²) in [6, 6.07) is 19.2. The minimum absolute atomic E-state index is 0.0504. The van der Waals surface area contributed by atoms with Gasteiger partial charge in [-0.25, -0.2) is 0 Å². The van der Waals surface area contributed by atoms with Gasteiger partial charge in [0.25, 0.3) is 0 Å². The van der Waals surface area contributed by atoms with Crippen molar-refractivity contribution in [3.63, 3.8) is 0 Å². The number of nitrogens with zero attached hydrogens (tertiary/aromatic N) is 1. The van der Waals surface area contributed by atoms with Gasteiger partial charge in [-0.2, -0.15) is 0 Å². The molecule has 0 heterocycles. The molecule has 0 saturated carbocycles. The van der Waals surface area contributed by atoms with E-state index in [1.807, 2.05) is 6.21 Å². The molecular weight excluding hydrogens is 352 g/mol. The lowest BCUT2D eigenvalue weighted by molar-refractivity contribution is 0.586. The van der Waals surface area contributed by atoms with Crippen molar-refractivity contribution in [1.29, 1.82) is 0 Å². The summed E-state index contributed by atoms with van der Waals surface area (Å²) in [6.07, 6.45) is 2.01. The predicted molar refractivity (Wildman–Crippen MR) is 128 cm³/mol. The molecule has 0 aliphatic rings. The first-order valence-electron chi connectivity index (χ1n) is 10.4. The Kier molecular flexibility index (Phi) is 8.16. The van der Waals surface area contributed by atoms with E-state index in [-0.39, 0.29) is 5.54 Å². The van der Waals surface area contributed by atoms with Crippen LogP contribution >= 0.6 is 0 Å². The maximum absolute atomic E-state index is 4.66. The number of benzene rings is 2. The standard InChI is InChI=1S/C27H36N2/c1-20(17-29-27(5,6)7)21(2)22(3)23(4)26-16-12-11-15-25(26)19-28-18-24-13-9-8-10-14-24/h8-17,28H,18-19H2,1-7H3/b21-20-,23-22+,29-17?. The molecule has 0 saturated heterocycles. The lowest BCUT2D eigenvalue weighted by Gasteiger charge is -2.16. The molecule has 154 valence electrons. The van der Waals surface area contributed by atoms with Gasteiger partial charge in [-0.3, -0.25) is 4.99 Å². The third kappa shape index (κ3) is 7.14. The van der Waals surface area contributed by atoms with Crippen molar-refractivity contribution in [1.82, 2.24) is 5.32 Å². The van der Waals surface area contributed by atoms with Gasteiger partial charge in [0.15, 0.2) is 0 Å². The Balaban J connectivity index is 2.23. The van der Waals surface area contributed by atoms with E-state index in [2.05, 4.69) is 113 Å². The number of rotatable bonds is 7. The first-order valence-corrected chi connectivity index (χ1v) is 10.4. The van der Waals surface area contributed by atoms with Crippen molar-refractivity contribution in [2.24, 2.45) is 4.99 Å². The molecule has 0 aromatic heterocycles. The fraction of sp³-hybridized carbons (Fsp3) is 0.370. The lowest BCUT2D eigenvalue weighted by Crippen LogP contribution is -2.13. The van der Waals surface area contributed by atoms with Gasteiger partial charge in [-0.05, 0) is 87.4 Å². The summed E-state index contributed by atoms with van der Waals surface area (Å²) < 4.78 is 0. The van der Waals surface area contributed by atoms with Crippen LogP contribution in [0.3, 0.4) is 0 Å². The van der Waals surface area contributed by atoms with Crippen molar-refractivity contribution in [3.8, 4) is 0 Å². The second-order valence-corrected chi connectivity index (χ2v) is 8.73. The monoisotopic (exact) mass is 388 g/mol. The summed E-state index contributed by atoms with van der Waals surface area (Å²) in [4.78, 5) is 4.66. The summed E-state index contributed by atoms with van der Waals surface area (Å²) in [5, 5.41) is 3.59. The van der Waals surface area contributed by atoms with E-state index in [9.17, 15) is 0 Å². The number of hydrogen-bond donors (Lipinski definition) is 1. The number of aliphatic imine (C=N–C) groups is 1. The Labute approximate surface area is 177 Å². The van der Waals surface area contributed by atoms with E-state index < -0.39 is 0 Å². The van der Waals surface area contributed by atoms with Gasteiger partial charge in [0.2, 0.25) is 0 Å². The van der Waals surface area contributed by atoms with Crippen LogP contribution in [0.25, 0.3) is 5.57 Å². The molecule has 0 unspecified atom stereocenters. The number of hydrogen-bond acceptors (Lipinski definition) is 2. The van der Waals surface area contributed by atoms with Crippen molar-refractivity contribution in [2.45, 2.75) is 67.1 Å². The fourth-order valence-electron chi connectivity index (χ4n) is 3.14. The molecule has 0 amide bonds. The lowest BCUT2D eigenvalue weighted by atomic mass is 9.92. The number of allylic oxidation sites excluding steroid dienone is 4. The molecule has 0 fully saturated rings. The molecular formula is C27H36N2. The molecule has 0 aliphatic carbocycles. The van der Waals surface area contributed by atoms with Gasteiger partial charge >= 0.3 is 0 Å². The largest absolute Gasteiger partial charge is 0.309 e. The maximum Gasteiger partial charge on any atom is 0.0524 e. The van der Waals surface area contributed by atoms with Gasteiger partial charge in [-0.1, -0.05) is 54.6 Å². The molecule has 0 atom stereocenters. The van der Waals surface area contributed by atoms with Crippen LogP contribution in [0.5, 0.6) is 0 Å². The van der Waals surface area contributed by atoms with Crippen LogP contribution in [0, 0.1) is 0 Å². The molecule has 0 spiro atoms. The Morgan fingerprint density at radius 1 is 0.828 bits per heavy atom. The topological polar surface area (TPSA) is 24.4 Å². The highest BCUT2D eigenvalue weighted by Crippen LogP contribution is 2.27. The van der Waals surface area contributed by atoms with Gasteiger partial charge in [0, 0.05) is 19.3 Å². The van der Waals surface area contributed by atoms with E-state index in [1.165, 1.54) is 39.0 Å². The highest BCUT2D eigenvalue weighted by Gasteiger charge is 2.10. The average Bonchev–Trinajstić information content (AvgIpc) is 2.71. The molecule has 2 heteroatoms. The van der Waals surface area contributed by atoms with E-state index >= 15 is 0 Å². The molecule has 0 aliphatic heterocycles. The Hall–Kier alpha value is -2.45. The maximum atomic E-state index is 4.66. The van der Waals surface area contributed by atoms with Gasteiger partial charge in [-0.15, -0.1) is 0 Å². The minimum Gasteiger partial charge on any atom is -0.309 e. The zero-order chi connectivity index (χ0) is 21.4. The normalized spacial score (nSPS) is 14.0. The third-order valence-corrected chi connectivity index (χ3v) is 5.27. The molecule has 2 aromatic carbocycles. The zero-order valence-electron chi connectivity index (χ0n) is 19.1. The zero-order valence-corrected chi connectivity index (χ0v) is 19.1. The second-order valence-electron chi connectivity index (χ2n) is 8.73. The van der Waals surface area contributed by atoms with Crippen LogP contribution in [-0.4, -0.2) is 11.8 Å². The second kappa shape index (κ2) is 10.4. The summed E-state index contributed by atoms with van der Waals surface area (Å²) in [5.41, 5.74) is 9.05. The highest BCUT2D eigenvalue weighted by atomic mass is 14.8. The summed E-state index contributed by atoms with van der Waals surface area (Å²) in [5.74, 6) is 0. The van der Waals surface area contributed by atoms with Crippen LogP contribution in [-0.2, 0) is 13.1 Å². The summed E-state index contributed by atoms with van der Waals surface area (Å²) in [6.45, 7) is 16.9. The Morgan fingerprint density at radius 3 is 2.10 bits per heavy atom. The van der Waals surface area contributed by atoms with Crippen LogP contribution in [0.2, 0.25) is 0 Å². The molecule has 1 N–H and O–H groups in total. The molecule has 0 bridgehead atoms. The van der Waals surface area contributed by atoms with Crippen molar-refractivity contribution >= 4 is 11.8 Å². The van der Waals surface area contributed by atoms with Gasteiger partial charge < -0.3 is 5.32 Å². The molecule has 2 aromatic rings. The van der Waals surface area contributed by atoms with Gasteiger partial charge in [0.05, 0.1) is 5.54 Å². The van der Waals surface area contributed by atoms with Crippen molar-refractivity contribution in [3.05, 3.63) is 88.0 Å². The smallest absolute Gasteiger partial charge is 0.0524 e. The van der Waals surface area contributed by atoms with E-state index in [4.69, 9.17) is 0 Å². The Bertz CT molecular complexity index is 894.